The second kappa shape index (κ2) is 3.75. The normalized spacial score (nSPS) is 15.8. The Hall–Kier alpha value is -1.62. The van der Waals surface area contributed by atoms with Crippen molar-refractivity contribution in [3.8, 4) is 0 Å². The fourth-order valence-electron chi connectivity index (χ4n) is 1.81. The maximum atomic E-state index is 12.0. The van der Waals surface area contributed by atoms with Gasteiger partial charge in [-0.1, -0.05) is 0 Å². The van der Waals surface area contributed by atoms with Crippen molar-refractivity contribution in [3.05, 3.63) is 35.0 Å². The van der Waals surface area contributed by atoms with Gasteiger partial charge in [0, 0.05) is 31.5 Å². The van der Waals surface area contributed by atoms with Gasteiger partial charge in [0.05, 0.1) is 6.20 Å². The predicted octanol–water partition coefficient (Wildman–Crippen LogP) is 0.248. The Labute approximate surface area is 92.7 Å². The van der Waals surface area contributed by atoms with E-state index in [2.05, 4.69) is 10.4 Å². The second-order valence-corrected chi connectivity index (χ2v) is 4.19. The zero-order valence-corrected chi connectivity index (χ0v) is 8.97. The molecule has 1 aliphatic rings. The molecule has 0 aliphatic heterocycles. The smallest absolute Gasteiger partial charge is 0.276 e. The average molecular weight is 218 g/mol. The molecule has 1 aliphatic carbocycles. The summed E-state index contributed by atoms with van der Waals surface area (Å²) in [7, 11) is 0. The van der Waals surface area contributed by atoms with E-state index in [9.17, 15) is 4.79 Å². The first-order valence-corrected chi connectivity index (χ1v) is 5.61. The molecule has 2 heterocycles. The third kappa shape index (κ3) is 1.74. The van der Waals surface area contributed by atoms with Crippen LogP contribution in [0.5, 0.6) is 0 Å². The summed E-state index contributed by atoms with van der Waals surface area (Å²) in [6.07, 6.45) is 7.79. The zero-order chi connectivity index (χ0) is 11.0. The number of rotatable bonds is 4. The van der Waals surface area contributed by atoms with E-state index >= 15 is 0 Å². The molecule has 2 aromatic rings. The molecule has 5 heteroatoms. The molecule has 0 bridgehead atoms. The highest BCUT2D eigenvalue weighted by molar-refractivity contribution is 5.42. The minimum Gasteiger partial charge on any atom is -0.312 e. The standard InChI is InChI=1S/C11H14N4O/c16-11-10-3-4-13-15(10)8-7-14(11)6-5-12-9-1-2-9/h3-4,7-9,12H,1-2,5-6H2. The predicted molar refractivity (Wildman–Crippen MR) is 60.5 cm³/mol. The third-order valence-electron chi connectivity index (χ3n) is 2.90. The lowest BCUT2D eigenvalue weighted by molar-refractivity contribution is 0.581. The van der Waals surface area contributed by atoms with Crippen LogP contribution in [0.3, 0.4) is 0 Å². The van der Waals surface area contributed by atoms with Crippen LogP contribution in [-0.2, 0) is 6.54 Å². The molecule has 3 rings (SSSR count). The van der Waals surface area contributed by atoms with Crippen LogP contribution in [0.4, 0.5) is 0 Å². The summed E-state index contributed by atoms with van der Waals surface area (Å²) in [5.41, 5.74) is 0.659. The zero-order valence-electron chi connectivity index (χ0n) is 8.97. The van der Waals surface area contributed by atoms with E-state index in [1.54, 1.807) is 27.5 Å². The van der Waals surface area contributed by atoms with E-state index in [0.29, 0.717) is 11.6 Å². The molecule has 1 N–H and O–H groups in total. The average Bonchev–Trinajstić information content (AvgIpc) is 2.97. The lowest BCUT2D eigenvalue weighted by Crippen LogP contribution is -2.28. The molecular formula is C11H14N4O. The molecule has 0 spiro atoms. The topological polar surface area (TPSA) is 51.3 Å². The molecule has 0 aromatic carbocycles. The summed E-state index contributed by atoms with van der Waals surface area (Å²) in [6, 6.07) is 2.43. The molecule has 5 nitrogen and oxygen atoms in total. The van der Waals surface area contributed by atoms with Gasteiger partial charge in [0.25, 0.3) is 5.56 Å². The van der Waals surface area contributed by atoms with Gasteiger partial charge in [-0.2, -0.15) is 5.10 Å². The number of hydrogen-bond acceptors (Lipinski definition) is 3. The van der Waals surface area contributed by atoms with Gasteiger partial charge in [0.1, 0.15) is 5.52 Å². The van der Waals surface area contributed by atoms with E-state index in [4.69, 9.17) is 0 Å². The maximum Gasteiger partial charge on any atom is 0.276 e. The highest BCUT2D eigenvalue weighted by Gasteiger charge is 2.19. The van der Waals surface area contributed by atoms with Gasteiger partial charge < -0.3 is 9.88 Å². The first-order valence-electron chi connectivity index (χ1n) is 5.61. The van der Waals surface area contributed by atoms with Crippen LogP contribution in [0.15, 0.2) is 29.5 Å². The van der Waals surface area contributed by atoms with Crippen LogP contribution < -0.4 is 10.9 Å². The molecule has 0 saturated heterocycles. The first-order chi connectivity index (χ1) is 7.84. The van der Waals surface area contributed by atoms with Crippen molar-refractivity contribution in [1.82, 2.24) is 19.5 Å². The van der Waals surface area contributed by atoms with Crippen LogP contribution in [0.25, 0.3) is 5.52 Å². The number of nitrogens with zero attached hydrogens (tertiary/aromatic N) is 3. The van der Waals surface area contributed by atoms with Gasteiger partial charge >= 0.3 is 0 Å². The fraction of sp³-hybridized carbons (Fsp3) is 0.455. The van der Waals surface area contributed by atoms with Crippen LogP contribution in [0.1, 0.15) is 12.8 Å². The van der Waals surface area contributed by atoms with E-state index in [1.165, 1.54) is 12.8 Å². The molecule has 0 unspecified atom stereocenters. The van der Waals surface area contributed by atoms with Gasteiger partial charge in [-0.25, -0.2) is 4.52 Å². The Kier molecular flexibility index (Phi) is 2.25. The summed E-state index contributed by atoms with van der Waals surface area (Å²) in [4.78, 5) is 12.0. The molecule has 16 heavy (non-hydrogen) atoms. The minimum absolute atomic E-state index is 0.0256. The van der Waals surface area contributed by atoms with Gasteiger partial charge in [0.15, 0.2) is 0 Å². The Morgan fingerprint density at radius 1 is 1.44 bits per heavy atom. The highest BCUT2D eigenvalue weighted by Crippen LogP contribution is 2.17. The van der Waals surface area contributed by atoms with E-state index < -0.39 is 0 Å². The Balaban J connectivity index is 1.79. The van der Waals surface area contributed by atoms with Crippen molar-refractivity contribution in [3.63, 3.8) is 0 Å². The number of nitrogens with one attached hydrogen (secondary N) is 1. The van der Waals surface area contributed by atoms with Gasteiger partial charge in [-0.15, -0.1) is 0 Å². The second-order valence-electron chi connectivity index (χ2n) is 4.19. The van der Waals surface area contributed by atoms with Crippen molar-refractivity contribution in [1.29, 1.82) is 0 Å². The van der Waals surface area contributed by atoms with Crippen LogP contribution in [-0.4, -0.2) is 26.8 Å². The van der Waals surface area contributed by atoms with Crippen molar-refractivity contribution in [2.75, 3.05) is 6.54 Å². The van der Waals surface area contributed by atoms with Crippen molar-refractivity contribution in [2.45, 2.75) is 25.4 Å². The lowest BCUT2D eigenvalue weighted by Gasteiger charge is -2.06. The summed E-state index contributed by atoms with van der Waals surface area (Å²) in [5.74, 6) is 0. The minimum atomic E-state index is 0.0256. The molecule has 0 amide bonds. The van der Waals surface area contributed by atoms with Gasteiger partial charge in [0.2, 0.25) is 0 Å². The van der Waals surface area contributed by atoms with E-state index in [0.717, 1.165) is 13.1 Å². The monoisotopic (exact) mass is 218 g/mol. The number of aromatic nitrogens is 3. The molecule has 0 atom stereocenters. The molecule has 1 saturated carbocycles. The third-order valence-corrected chi connectivity index (χ3v) is 2.90. The van der Waals surface area contributed by atoms with Crippen LogP contribution in [0.2, 0.25) is 0 Å². The molecule has 0 radical (unpaired) electrons. The molecular weight excluding hydrogens is 204 g/mol. The van der Waals surface area contributed by atoms with Crippen molar-refractivity contribution < 1.29 is 0 Å². The van der Waals surface area contributed by atoms with Crippen molar-refractivity contribution in [2.24, 2.45) is 0 Å². The van der Waals surface area contributed by atoms with Crippen LogP contribution in [0, 0.1) is 0 Å². The summed E-state index contributed by atoms with van der Waals surface area (Å²) in [6.45, 7) is 1.58. The fourth-order valence-corrected chi connectivity index (χ4v) is 1.81. The first kappa shape index (κ1) is 9.59. The largest absolute Gasteiger partial charge is 0.312 e. The Morgan fingerprint density at radius 3 is 3.12 bits per heavy atom. The summed E-state index contributed by atoms with van der Waals surface area (Å²) >= 11 is 0. The van der Waals surface area contributed by atoms with Gasteiger partial charge in [-0.3, -0.25) is 4.79 Å². The number of fused-ring (bicyclic) bond motifs is 1. The van der Waals surface area contributed by atoms with Crippen molar-refractivity contribution >= 4 is 5.52 Å². The van der Waals surface area contributed by atoms with E-state index in [-0.39, 0.29) is 5.56 Å². The van der Waals surface area contributed by atoms with E-state index in [1.807, 2.05) is 6.20 Å². The SMILES string of the molecule is O=c1c2ccnn2ccn1CCNC1CC1. The lowest BCUT2D eigenvalue weighted by atomic mass is 10.5. The quantitative estimate of drug-likeness (QED) is 0.800. The maximum absolute atomic E-state index is 12.0. The molecule has 1 fully saturated rings. The highest BCUT2D eigenvalue weighted by atomic mass is 16.1. The molecule has 2 aromatic heterocycles. The Bertz CT molecular complexity index is 552. The van der Waals surface area contributed by atoms with Gasteiger partial charge in [-0.05, 0) is 18.9 Å². The summed E-state index contributed by atoms with van der Waals surface area (Å²) < 4.78 is 3.33. The Morgan fingerprint density at radius 2 is 2.31 bits per heavy atom. The number of hydrogen-bond donors (Lipinski definition) is 1. The molecule has 84 valence electrons. The summed E-state index contributed by atoms with van der Waals surface area (Å²) in [5, 5.41) is 7.42. The van der Waals surface area contributed by atoms with Crippen LogP contribution >= 0.6 is 0 Å².